The smallest absolute Gasteiger partial charge is 0.393 e. The van der Waals surface area contributed by atoms with Gasteiger partial charge in [0.15, 0.2) is 0 Å². The van der Waals surface area contributed by atoms with Crippen LogP contribution in [0.2, 0.25) is 0 Å². The van der Waals surface area contributed by atoms with E-state index in [2.05, 4.69) is 0 Å². The number of hydrogen-bond donors (Lipinski definition) is 1. The van der Waals surface area contributed by atoms with Gasteiger partial charge in [-0.1, -0.05) is 45.0 Å². The lowest BCUT2D eigenvalue weighted by molar-refractivity contribution is -0.443. The molecule has 0 bridgehead atoms. The van der Waals surface area contributed by atoms with Gasteiger partial charge in [-0.3, -0.25) is 4.79 Å². The summed E-state index contributed by atoms with van der Waals surface area (Å²) in [6.07, 6.45) is -5.97. The van der Waals surface area contributed by atoms with Crippen molar-refractivity contribution in [3.63, 3.8) is 0 Å². The van der Waals surface area contributed by atoms with Crippen LogP contribution in [0.5, 0.6) is 0 Å². The van der Waals surface area contributed by atoms with Gasteiger partial charge in [0.25, 0.3) is 0 Å². The molecule has 0 unspecified atom stereocenters. The van der Waals surface area contributed by atoms with Crippen LogP contribution in [0.25, 0.3) is 11.1 Å². The Kier molecular flexibility index (Phi) is 10.5. The molecule has 2 aromatic rings. The number of alkyl halides is 16. The normalized spacial score (nSPS) is 14.4. The van der Waals surface area contributed by atoms with Gasteiger partial charge in [-0.25, -0.2) is 13.6 Å². The number of hydrogen-bond acceptors (Lipinski definition) is 4. The van der Waals surface area contributed by atoms with Crippen molar-refractivity contribution in [3.8, 4) is 11.1 Å². The molecule has 1 aromatic carbocycles. The highest BCUT2D eigenvalue weighted by Crippen LogP contribution is 2.63. The topological polar surface area (TPSA) is 55.4 Å². The monoisotopic (exact) mass is 731 g/mol. The Morgan fingerprint density at radius 3 is 1.62 bits per heavy atom. The van der Waals surface area contributed by atoms with Crippen LogP contribution in [-0.2, 0) is 14.9 Å². The molecule has 0 aliphatic carbocycles. The van der Waals surface area contributed by atoms with Gasteiger partial charge < -0.3 is 10.1 Å². The number of amides is 1. The molecule has 0 fully saturated rings. The first kappa shape index (κ1) is 39.9. The largest absolute Gasteiger partial charge is 0.462 e. The van der Waals surface area contributed by atoms with Crippen molar-refractivity contribution in [2.45, 2.75) is 81.0 Å². The van der Waals surface area contributed by atoms with E-state index >= 15 is 0 Å². The van der Waals surface area contributed by atoms with E-state index in [9.17, 15) is 79.8 Å². The fourth-order valence-electron chi connectivity index (χ4n) is 3.68. The van der Waals surface area contributed by atoms with Crippen LogP contribution in [0.15, 0.2) is 29.6 Å². The molecule has 0 aliphatic heterocycles. The molecule has 2 rings (SSSR count). The fraction of sp³-hybridized carbons (Fsp3) is 0.538. The van der Waals surface area contributed by atoms with Crippen LogP contribution in [0, 0.1) is 0 Å². The lowest BCUT2D eigenvalue weighted by Crippen LogP contribution is -2.74. The molecule has 0 radical (unpaired) electrons. The predicted octanol–water partition coefficient (Wildman–Crippen LogP) is 9.54. The van der Waals surface area contributed by atoms with Gasteiger partial charge in [0.1, 0.15) is 10.6 Å². The minimum absolute atomic E-state index is 0.0959. The average Bonchev–Trinajstić information content (AvgIpc) is 3.35. The van der Waals surface area contributed by atoms with Gasteiger partial charge >= 0.3 is 59.8 Å². The lowest BCUT2D eigenvalue weighted by atomic mass is 9.86. The Bertz CT molecular complexity index is 1460. The molecule has 1 heterocycles. The van der Waals surface area contributed by atoms with Crippen LogP contribution in [0.4, 0.5) is 75.2 Å². The Morgan fingerprint density at radius 2 is 1.19 bits per heavy atom. The fourth-order valence-corrected chi connectivity index (χ4v) is 4.63. The number of benzene rings is 1. The van der Waals surface area contributed by atoms with E-state index in [0.717, 1.165) is 16.3 Å². The van der Waals surface area contributed by atoms with Crippen molar-refractivity contribution in [1.29, 1.82) is 0 Å². The third-order valence-corrected chi connectivity index (χ3v) is 7.40. The van der Waals surface area contributed by atoms with E-state index < -0.39 is 82.3 Å². The summed E-state index contributed by atoms with van der Waals surface area (Å²) in [7, 11) is 0. The number of rotatable bonds is 12. The van der Waals surface area contributed by atoms with Crippen LogP contribution in [0.3, 0.4) is 0 Å². The van der Waals surface area contributed by atoms with Crippen molar-refractivity contribution in [2.75, 3.05) is 11.9 Å². The maximum Gasteiger partial charge on any atom is 0.393 e. The number of anilines is 1. The van der Waals surface area contributed by atoms with Crippen molar-refractivity contribution in [3.05, 3.63) is 40.8 Å². The van der Waals surface area contributed by atoms with Gasteiger partial charge in [-0.2, -0.15) is 61.5 Å². The Balaban J connectivity index is 2.61. The van der Waals surface area contributed by atoms with E-state index in [0.29, 0.717) is 0 Å². The van der Waals surface area contributed by atoms with Gasteiger partial charge in [0, 0.05) is 10.9 Å². The molecule has 47 heavy (non-hydrogen) atoms. The first-order valence-electron chi connectivity index (χ1n) is 12.5. The molecule has 21 heteroatoms. The quantitative estimate of drug-likeness (QED) is 0.175. The Labute approximate surface area is 258 Å². The van der Waals surface area contributed by atoms with Gasteiger partial charge in [0.05, 0.1) is 6.61 Å². The number of esters is 1. The van der Waals surface area contributed by atoms with Crippen molar-refractivity contribution in [1.82, 2.24) is 0 Å². The van der Waals surface area contributed by atoms with Crippen molar-refractivity contribution < 1.29 is 84.6 Å². The summed E-state index contributed by atoms with van der Waals surface area (Å²) in [6.45, 7) is 6.23. The van der Waals surface area contributed by atoms with Crippen molar-refractivity contribution in [2.24, 2.45) is 0 Å². The van der Waals surface area contributed by atoms with Crippen molar-refractivity contribution >= 4 is 28.2 Å². The second-order valence-corrected chi connectivity index (χ2v) is 11.6. The summed E-state index contributed by atoms with van der Waals surface area (Å²) < 4.78 is 224. The highest BCUT2D eigenvalue weighted by molar-refractivity contribution is 7.15. The van der Waals surface area contributed by atoms with E-state index in [1.165, 1.54) is 31.2 Å². The third kappa shape index (κ3) is 6.23. The molecule has 0 aliphatic rings. The van der Waals surface area contributed by atoms with E-state index in [1.54, 1.807) is 0 Å². The lowest BCUT2D eigenvalue weighted by Gasteiger charge is -2.42. The maximum absolute atomic E-state index is 14.5. The highest BCUT2D eigenvalue weighted by atomic mass is 32.1. The van der Waals surface area contributed by atoms with Crippen LogP contribution in [0.1, 0.15) is 43.6 Å². The van der Waals surface area contributed by atoms with E-state index in [4.69, 9.17) is 4.74 Å². The van der Waals surface area contributed by atoms with Crippen LogP contribution >= 0.6 is 11.3 Å². The molecule has 0 atom stereocenters. The molecular formula is C26H21F16NO3S. The number of ether oxygens (including phenoxy) is 1. The number of thiophene rings is 1. The number of carbonyl (C=O) groups is 2. The first-order valence-corrected chi connectivity index (χ1v) is 13.4. The standard InChI is InChI=1S/C26H21F16NO3S/c1-5-46-16(44)14-13(11-6-8-12(9-7-11)19(2,3)4)10-47-15(14)43-18(45)21(31,32)23(35,36)25(39,40)26(41,42)24(37,38)22(33,34)20(29,30)17(27)28/h6-10,17H,5H2,1-4H3,(H,43,45). The summed E-state index contributed by atoms with van der Waals surface area (Å²) in [5, 5.41) is 0.648. The summed E-state index contributed by atoms with van der Waals surface area (Å²) in [5.41, 5.74) is -0.688. The molecule has 4 nitrogen and oxygen atoms in total. The zero-order chi connectivity index (χ0) is 37.0. The number of carbonyl (C=O) groups excluding carboxylic acids is 2. The minimum atomic E-state index is -8.65. The SMILES string of the molecule is CCOC(=O)c1c(-c2ccc(C(C)(C)C)cc2)csc1NC(=O)C(F)(F)C(F)(F)C(F)(F)C(F)(F)C(F)(F)C(F)(F)C(F)(F)C(F)F. The molecular weight excluding hydrogens is 710 g/mol. The zero-order valence-corrected chi connectivity index (χ0v) is 24.7. The van der Waals surface area contributed by atoms with Crippen LogP contribution in [-0.4, -0.2) is 66.4 Å². The average molecular weight is 731 g/mol. The highest BCUT2D eigenvalue weighted by Gasteiger charge is 2.94. The maximum atomic E-state index is 14.5. The molecule has 0 saturated carbocycles. The van der Waals surface area contributed by atoms with Gasteiger partial charge in [-0.15, -0.1) is 11.3 Å². The molecule has 1 amide bonds. The van der Waals surface area contributed by atoms with E-state index in [-0.39, 0.29) is 22.5 Å². The number of halogens is 16. The van der Waals surface area contributed by atoms with E-state index in [1.807, 2.05) is 20.8 Å². The summed E-state index contributed by atoms with van der Waals surface area (Å²) in [4.78, 5) is 24.8. The molecule has 0 spiro atoms. The first-order chi connectivity index (χ1) is 20.9. The Morgan fingerprint density at radius 1 is 0.745 bits per heavy atom. The third-order valence-electron chi connectivity index (χ3n) is 6.51. The molecule has 1 N–H and O–H groups in total. The number of nitrogens with one attached hydrogen (secondary N) is 1. The molecule has 266 valence electrons. The van der Waals surface area contributed by atoms with Gasteiger partial charge in [-0.05, 0) is 23.5 Å². The second-order valence-electron chi connectivity index (χ2n) is 10.7. The molecule has 1 aromatic heterocycles. The van der Waals surface area contributed by atoms with Crippen LogP contribution < -0.4 is 5.32 Å². The molecule has 0 saturated heterocycles. The minimum Gasteiger partial charge on any atom is -0.462 e. The predicted molar refractivity (Wildman–Crippen MR) is 134 cm³/mol. The summed E-state index contributed by atoms with van der Waals surface area (Å²) in [5.74, 6) is -62.1. The summed E-state index contributed by atoms with van der Waals surface area (Å²) >= 11 is 0.0959. The zero-order valence-electron chi connectivity index (χ0n) is 23.9. The van der Waals surface area contributed by atoms with Gasteiger partial charge in [0.2, 0.25) is 0 Å². The Hall–Kier alpha value is -3.26. The summed E-state index contributed by atoms with van der Waals surface area (Å²) in [6, 6.07) is 5.81. The second kappa shape index (κ2) is 12.3.